The van der Waals surface area contributed by atoms with E-state index in [2.05, 4.69) is 12.2 Å². The van der Waals surface area contributed by atoms with Crippen LogP contribution in [0.5, 0.6) is 0 Å². The van der Waals surface area contributed by atoms with Crippen molar-refractivity contribution < 1.29 is 4.74 Å². The molecule has 1 aromatic rings. The van der Waals surface area contributed by atoms with Gasteiger partial charge in [0.25, 0.3) is 0 Å². The number of hydrogen-bond donors (Lipinski definition) is 1. The number of rotatable bonds is 3. The van der Waals surface area contributed by atoms with Crippen molar-refractivity contribution in [1.29, 1.82) is 0 Å². The predicted octanol–water partition coefficient (Wildman–Crippen LogP) is 1.90. The largest absolute Gasteiger partial charge is 0.377 e. The monoisotopic (exact) mass is 238 g/mol. The maximum Gasteiger partial charge on any atom is 0.107 e. The third-order valence-electron chi connectivity index (χ3n) is 3.53. The van der Waals surface area contributed by atoms with E-state index in [0.29, 0.717) is 12.1 Å². The first-order valence-electron chi connectivity index (χ1n) is 6.15. The molecule has 1 aliphatic heterocycles. The Morgan fingerprint density at radius 3 is 3.19 bits per heavy atom. The Balaban J connectivity index is 1.58. The molecule has 2 atom stereocenters. The molecule has 1 fully saturated rings. The number of fused-ring (bicyclic) bond motifs is 1. The highest BCUT2D eigenvalue weighted by molar-refractivity contribution is 7.11. The molecule has 1 aliphatic carbocycles. The molecule has 0 radical (unpaired) electrons. The van der Waals surface area contributed by atoms with Crippen molar-refractivity contribution in [2.45, 2.75) is 51.3 Å². The molecule has 0 aromatic carbocycles. The lowest BCUT2D eigenvalue weighted by molar-refractivity contribution is 0.113. The number of aryl methyl sites for hydroxylation is 2. The zero-order valence-corrected chi connectivity index (χ0v) is 10.5. The van der Waals surface area contributed by atoms with E-state index in [1.54, 1.807) is 0 Å². The standard InChI is InChI=1S/C12H18N2OS/c1-8-9(5-6-15-8)13-7-12-14-10-3-2-4-11(10)16-12/h8-9,13H,2-7H2,1H3. The van der Waals surface area contributed by atoms with Crippen LogP contribution in [0.1, 0.15) is 35.3 Å². The van der Waals surface area contributed by atoms with Crippen LogP contribution < -0.4 is 5.32 Å². The average Bonchev–Trinajstić information content (AvgIpc) is 2.89. The van der Waals surface area contributed by atoms with E-state index < -0.39 is 0 Å². The van der Waals surface area contributed by atoms with Crippen LogP contribution >= 0.6 is 11.3 Å². The number of aromatic nitrogens is 1. The molecule has 0 bridgehead atoms. The van der Waals surface area contributed by atoms with Gasteiger partial charge in [-0.3, -0.25) is 0 Å². The minimum Gasteiger partial charge on any atom is -0.377 e. The lowest BCUT2D eigenvalue weighted by Gasteiger charge is -2.14. The number of nitrogens with zero attached hydrogens (tertiary/aromatic N) is 1. The first kappa shape index (κ1) is 10.7. The van der Waals surface area contributed by atoms with E-state index in [-0.39, 0.29) is 0 Å². The normalized spacial score (nSPS) is 28.6. The van der Waals surface area contributed by atoms with Gasteiger partial charge in [0.05, 0.1) is 11.8 Å². The van der Waals surface area contributed by atoms with Crippen LogP contribution in [0.3, 0.4) is 0 Å². The van der Waals surface area contributed by atoms with Crippen molar-refractivity contribution in [2.75, 3.05) is 6.61 Å². The second kappa shape index (κ2) is 4.43. The summed E-state index contributed by atoms with van der Waals surface area (Å²) in [6.45, 7) is 3.95. The summed E-state index contributed by atoms with van der Waals surface area (Å²) < 4.78 is 5.54. The summed E-state index contributed by atoms with van der Waals surface area (Å²) >= 11 is 1.89. The number of nitrogens with one attached hydrogen (secondary N) is 1. The van der Waals surface area contributed by atoms with Gasteiger partial charge >= 0.3 is 0 Å². The highest BCUT2D eigenvalue weighted by Gasteiger charge is 2.24. The lowest BCUT2D eigenvalue weighted by atomic mass is 10.1. The van der Waals surface area contributed by atoms with Gasteiger partial charge in [0, 0.05) is 24.1 Å². The Morgan fingerprint density at radius 1 is 1.50 bits per heavy atom. The van der Waals surface area contributed by atoms with Gasteiger partial charge in [-0.25, -0.2) is 4.98 Å². The second-order valence-corrected chi connectivity index (χ2v) is 5.85. The molecule has 1 N–H and O–H groups in total. The summed E-state index contributed by atoms with van der Waals surface area (Å²) in [5, 5.41) is 4.81. The van der Waals surface area contributed by atoms with Crippen molar-refractivity contribution in [3.63, 3.8) is 0 Å². The van der Waals surface area contributed by atoms with Gasteiger partial charge in [-0.05, 0) is 32.6 Å². The molecular weight excluding hydrogens is 220 g/mol. The van der Waals surface area contributed by atoms with Crippen molar-refractivity contribution >= 4 is 11.3 Å². The highest BCUT2D eigenvalue weighted by atomic mass is 32.1. The first-order valence-corrected chi connectivity index (χ1v) is 6.97. The second-order valence-electron chi connectivity index (χ2n) is 4.68. The third kappa shape index (κ3) is 2.01. The average molecular weight is 238 g/mol. The predicted molar refractivity (Wildman–Crippen MR) is 64.8 cm³/mol. The molecule has 3 rings (SSSR count). The topological polar surface area (TPSA) is 34.1 Å². The maximum absolute atomic E-state index is 5.54. The van der Waals surface area contributed by atoms with Crippen LogP contribution in [0.15, 0.2) is 0 Å². The molecule has 16 heavy (non-hydrogen) atoms. The summed E-state index contributed by atoms with van der Waals surface area (Å²) in [7, 11) is 0. The van der Waals surface area contributed by atoms with Crippen molar-refractivity contribution in [1.82, 2.24) is 10.3 Å². The van der Waals surface area contributed by atoms with Crippen molar-refractivity contribution in [2.24, 2.45) is 0 Å². The molecule has 88 valence electrons. The van der Waals surface area contributed by atoms with Gasteiger partial charge in [0.2, 0.25) is 0 Å². The van der Waals surface area contributed by atoms with E-state index in [4.69, 9.17) is 9.72 Å². The van der Waals surface area contributed by atoms with Gasteiger partial charge in [-0.15, -0.1) is 11.3 Å². The fourth-order valence-electron chi connectivity index (χ4n) is 2.54. The molecule has 0 spiro atoms. The number of ether oxygens (including phenoxy) is 1. The Kier molecular flexibility index (Phi) is 2.96. The van der Waals surface area contributed by atoms with Gasteiger partial charge in [0.15, 0.2) is 0 Å². The minimum atomic E-state index is 0.354. The summed E-state index contributed by atoms with van der Waals surface area (Å²) in [5.41, 5.74) is 1.36. The van der Waals surface area contributed by atoms with E-state index in [1.807, 2.05) is 11.3 Å². The van der Waals surface area contributed by atoms with E-state index in [9.17, 15) is 0 Å². The van der Waals surface area contributed by atoms with Crippen molar-refractivity contribution in [3.8, 4) is 0 Å². The van der Waals surface area contributed by atoms with E-state index in [1.165, 1.54) is 34.8 Å². The minimum absolute atomic E-state index is 0.354. The molecule has 2 heterocycles. The maximum atomic E-state index is 5.54. The first-order chi connectivity index (χ1) is 7.83. The molecule has 1 saturated heterocycles. The molecule has 2 aliphatic rings. The Morgan fingerprint density at radius 2 is 2.44 bits per heavy atom. The number of hydrogen-bond acceptors (Lipinski definition) is 4. The molecule has 1 aromatic heterocycles. The third-order valence-corrected chi connectivity index (χ3v) is 4.69. The summed E-state index contributed by atoms with van der Waals surface area (Å²) in [4.78, 5) is 6.21. The lowest BCUT2D eigenvalue weighted by Crippen LogP contribution is -2.34. The van der Waals surface area contributed by atoms with E-state index >= 15 is 0 Å². The summed E-state index contributed by atoms with van der Waals surface area (Å²) in [6, 6.07) is 0.513. The number of thiazole rings is 1. The molecule has 0 saturated carbocycles. The van der Waals surface area contributed by atoms with Crippen LogP contribution in [-0.2, 0) is 24.1 Å². The molecule has 4 heteroatoms. The Bertz CT molecular complexity index is 356. The van der Waals surface area contributed by atoms with Gasteiger partial charge in [-0.2, -0.15) is 0 Å². The summed E-state index contributed by atoms with van der Waals surface area (Å²) in [6.07, 6.45) is 5.22. The van der Waals surface area contributed by atoms with Crippen LogP contribution in [0.4, 0.5) is 0 Å². The van der Waals surface area contributed by atoms with Gasteiger partial charge < -0.3 is 10.1 Å². The van der Waals surface area contributed by atoms with Crippen LogP contribution in [0.2, 0.25) is 0 Å². The molecule has 3 nitrogen and oxygen atoms in total. The van der Waals surface area contributed by atoms with Crippen LogP contribution in [-0.4, -0.2) is 23.7 Å². The van der Waals surface area contributed by atoms with Crippen LogP contribution in [0.25, 0.3) is 0 Å². The zero-order valence-electron chi connectivity index (χ0n) is 9.66. The Labute approximate surface area is 100 Å². The highest BCUT2D eigenvalue weighted by Crippen LogP contribution is 2.27. The molecular formula is C12H18N2OS. The molecule has 2 unspecified atom stereocenters. The SMILES string of the molecule is CC1OCCC1NCc1nc2c(s1)CCC2. The van der Waals surface area contributed by atoms with Crippen molar-refractivity contribution in [3.05, 3.63) is 15.6 Å². The molecule has 0 amide bonds. The fraction of sp³-hybridized carbons (Fsp3) is 0.750. The summed E-state index contributed by atoms with van der Waals surface area (Å²) in [5.74, 6) is 0. The van der Waals surface area contributed by atoms with Crippen LogP contribution in [0, 0.1) is 0 Å². The zero-order chi connectivity index (χ0) is 11.0. The smallest absolute Gasteiger partial charge is 0.107 e. The van der Waals surface area contributed by atoms with E-state index in [0.717, 1.165) is 19.6 Å². The fourth-order valence-corrected chi connectivity index (χ4v) is 3.65. The quantitative estimate of drug-likeness (QED) is 0.873. The van der Waals surface area contributed by atoms with Gasteiger partial charge in [0.1, 0.15) is 5.01 Å². The Hall–Kier alpha value is -0.450. The van der Waals surface area contributed by atoms with Gasteiger partial charge in [-0.1, -0.05) is 0 Å².